The maximum atomic E-state index is 10.4. The molecule has 0 rings (SSSR count). The second-order valence-electron chi connectivity index (χ2n) is 2.25. The molecule has 0 fully saturated rings. The zero-order valence-electron chi connectivity index (χ0n) is 7.00. The first-order valence-electron chi connectivity index (χ1n) is 3.52. The lowest BCUT2D eigenvalue weighted by atomic mass is 10.4. The summed E-state index contributed by atoms with van der Waals surface area (Å²) in [5.41, 5.74) is 0. The van der Waals surface area contributed by atoms with Crippen LogP contribution >= 0.6 is 0 Å². The van der Waals surface area contributed by atoms with Crippen molar-refractivity contribution in [1.82, 2.24) is 0 Å². The highest BCUT2D eigenvalue weighted by Crippen LogP contribution is 1.92. The number of carbonyl (C=O) groups excluding carboxylic acids is 1. The SMILES string of the molecule is C=CCOCC(C)OC(C)=O. The Kier molecular flexibility index (Phi) is 5.47. The van der Waals surface area contributed by atoms with Gasteiger partial charge in [0.25, 0.3) is 0 Å². The molecule has 0 aliphatic heterocycles. The van der Waals surface area contributed by atoms with Crippen LogP contribution in [0.2, 0.25) is 0 Å². The van der Waals surface area contributed by atoms with Gasteiger partial charge in [-0.25, -0.2) is 0 Å². The Balaban J connectivity index is 3.28. The summed E-state index contributed by atoms with van der Waals surface area (Å²) in [7, 11) is 0. The second kappa shape index (κ2) is 5.92. The van der Waals surface area contributed by atoms with Crippen LogP contribution in [0.25, 0.3) is 0 Å². The van der Waals surface area contributed by atoms with Crippen LogP contribution in [0.5, 0.6) is 0 Å². The van der Waals surface area contributed by atoms with Gasteiger partial charge < -0.3 is 9.47 Å². The van der Waals surface area contributed by atoms with E-state index in [2.05, 4.69) is 6.58 Å². The van der Waals surface area contributed by atoms with Gasteiger partial charge in [-0.15, -0.1) is 6.58 Å². The fourth-order valence-electron chi connectivity index (χ4n) is 0.635. The van der Waals surface area contributed by atoms with Gasteiger partial charge in [0.15, 0.2) is 0 Å². The van der Waals surface area contributed by atoms with Crippen LogP contribution in [-0.4, -0.2) is 25.3 Å². The van der Waals surface area contributed by atoms with E-state index in [1.165, 1.54) is 6.92 Å². The molecule has 11 heavy (non-hydrogen) atoms. The Morgan fingerprint density at radius 3 is 2.82 bits per heavy atom. The molecule has 0 bridgehead atoms. The molecule has 0 aromatic carbocycles. The summed E-state index contributed by atoms with van der Waals surface area (Å²) >= 11 is 0. The van der Waals surface area contributed by atoms with Crippen molar-refractivity contribution >= 4 is 5.97 Å². The van der Waals surface area contributed by atoms with Gasteiger partial charge in [-0.2, -0.15) is 0 Å². The number of ether oxygens (including phenoxy) is 2. The van der Waals surface area contributed by atoms with E-state index in [-0.39, 0.29) is 12.1 Å². The summed E-state index contributed by atoms with van der Waals surface area (Å²) in [6.45, 7) is 7.56. The lowest BCUT2D eigenvalue weighted by Gasteiger charge is -2.10. The van der Waals surface area contributed by atoms with Gasteiger partial charge in [0.05, 0.1) is 13.2 Å². The summed E-state index contributed by atoms with van der Waals surface area (Å²) in [5.74, 6) is -0.278. The molecular weight excluding hydrogens is 144 g/mol. The largest absolute Gasteiger partial charge is 0.460 e. The third-order valence-corrected chi connectivity index (χ3v) is 0.955. The zero-order valence-corrected chi connectivity index (χ0v) is 7.00. The first-order chi connectivity index (χ1) is 5.16. The Bertz CT molecular complexity index is 131. The average molecular weight is 158 g/mol. The molecule has 0 spiro atoms. The van der Waals surface area contributed by atoms with Gasteiger partial charge in [-0.3, -0.25) is 4.79 Å². The molecule has 0 heterocycles. The van der Waals surface area contributed by atoms with E-state index in [0.717, 1.165) is 0 Å². The Hall–Kier alpha value is -0.830. The molecule has 0 radical (unpaired) electrons. The quantitative estimate of drug-likeness (QED) is 0.342. The van der Waals surface area contributed by atoms with Crippen LogP contribution in [0.4, 0.5) is 0 Å². The van der Waals surface area contributed by atoms with Gasteiger partial charge in [0.1, 0.15) is 6.10 Å². The first-order valence-corrected chi connectivity index (χ1v) is 3.52. The van der Waals surface area contributed by atoms with Gasteiger partial charge in [-0.05, 0) is 6.92 Å². The van der Waals surface area contributed by atoms with E-state index in [1.54, 1.807) is 13.0 Å². The van der Waals surface area contributed by atoms with Crippen molar-refractivity contribution in [2.24, 2.45) is 0 Å². The number of carbonyl (C=O) groups is 1. The summed E-state index contributed by atoms with van der Waals surface area (Å²) in [6, 6.07) is 0. The normalized spacial score (nSPS) is 12.2. The molecule has 3 nitrogen and oxygen atoms in total. The Morgan fingerprint density at radius 2 is 2.36 bits per heavy atom. The fraction of sp³-hybridized carbons (Fsp3) is 0.625. The van der Waals surface area contributed by atoms with Crippen LogP contribution in [0.3, 0.4) is 0 Å². The summed E-state index contributed by atoms with van der Waals surface area (Å²) < 4.78 is 9.85. The van der Waals surface area contributed by atoms with Crippen molar-refractivity contribution in [2.45, 2.75) is 20.0 Å². The van der Waals surface area contributed by atoms with E-state index < -0.39 is 0 Å². The van der Waals surface area contributed by atoms with Crippen LogP contribution in [0.15, 0.2) is 12.7 Å². The molecule has 0 N–H and O–H groups in total. The molecule has 0 saturated carbocycles. The third kappa shape index (κ3) is 7.06. The van der Waals surface area contributed by atoms with Crippen molar-refractivity contribution in [3.63, 3.8) is 0 Å². The number of esters is 1. The standard InChI is InChI=1S/C8H14O3/c1-4-5-10-6-7(2)11-8(3)9/h4,7H,1,5-6H2,2-3H3. The van der Waals surface area contributed by atoms with E-state index in [0.29, 0.717) is 13.2 Å². The summed E-state index contributed by atoms with van der Waals surface area (Å²) in [6.07, 6.45) is 1.48. The molecule has 1 unspecified atom stereocenters. The first kappa shape index (κ1) is 10.2. The third-order valence-electron chi connectivity index (χ3n) is 0.955. The maximum absolute atomic E-state index is 10.4. The van der Waals surface area contributed by atoms with Gasteiger partial charge in [0, 0.05) is 6.92 Å². The minimum Gasteiger partial charge on any atom is -0.460 e. The molecule has 0 amide bonds. The molecule has 0 aliphatic carbocycles. The number of hydrogen-bond donors (Lipinski definition) is 0. The maximum Gasteiger partial charge on any atom is 0.302 e. The molecule has 0 aromatic heterocycles. The highest BCUT2D eigenvalue weighted by atomic mass is 16.6. The van der Waals surface area contributed by atoms with Crippen LogP contribution in [-0.2, 0) is 14.3 Å². The van der Waals surface area contributed by atoms with Crippen LogP contribution in [0, 0.1) is 0 Å². The highest BCUT2D eigenvalue weighted by Gasteiger charge is 2.03. The van der Waals surface area contributed by atoms with Crippen LogP contribution in [0.1, 0.15) is 13.8 Å². The van der Waals surface area contributed by atoms with Crippen molar-refractivity contribution in [3.8, 4) is 0 Å². The predicted molar refractivity (Wildman–Crippen MR) is 42.2 cm³/mol. The molecule has 0 aromatic rings. The van der Waals surface area contributed by atoms with E-state index in [1.807, 2.05) is 0 Å². The lowest BCUT2D eigenvalue weighted by molar-refractivity contribution is -0.148. The Labute approximate surface area is 67.0 Å². The molecule has 0 saturated heterocycles. The minimum absolute atomic E-state index is 0.174. The van der Waals surface area contributed by atoms with E-state index >= 15 is 0 Å². The smallest absolute Gasteiger partial charge is 0.302 e. The predicted octanol–water partition coefficient (Wildman–Crippen LogP) is 1.14. The van der Waals surface area contributed by atoms with Gasteiger partial charge in [-0.1, -0.05) is 6.08 Å². The Morgan fingerprint density at radius 1 is 1.73 bits per heavy atom. The summed E-state index contributed by atoms with van der Waals surface area (Å²) in [5, 5.41) is 0. The minimum atomic E-state index is -0.278. The van der Waals surface area contributed by atoms with E-state index in [9.17, 15) is 4.79 Å². The highest BCUT2D eigenvalue weighted by molar-refractivity contribution is 5.66. The monoisotopic (exact) mass is 158 g/mol. The topological polar surface area (TPSA) is 35.5 Å². The molecule has 64 valence electrons. The fourth-order valence-corrected chi connectivity index (χ4v) is 0.635. The summed E-state index contributed by atoms with van der Waals surface area (Å²) in [4.78, 5) is 10.4. The molecular formula is C8H14O3. The molecule has 3 heteroatoms. The molecule has 1 atom stereocenters. The van der Waals surface area contributed by atoms with Crippen molar-refractivity contribution < 1.29 is 14.3 Å². The lowest BCUT2D eigenvalue weighted by Crippen LogP contribution is -2.18. The zero-order chi connectivity index (χ0) is 8.69. The molecule has 0 aliphatic rings. The second-order valence-corrected chi connectivity index (χ2v) is 2.25. The number of hydrogen-bond acceptors (Lipinski definition) is 3. The van der Waals surface area contributed by atoms with Crippen molar-refractivity contribution in [3.05, 3.63) is 12.7 Å². The van der Waals surface area contributed by atoms with Crippen molar-refractivity contribution in [2.75, 3.05) is 13.2 Å². The average Bonchev–Trinajstić information content (AvgIpc) is 1.86. The van der Waals surface area contributed by atoms with Gasteiger partial charge >= 0.3 is 5.97 Å². The van der Waals surface area contributed by atoms with Gasteiger partial charge in [0.2, 0.25) is 0 Å². The number of rotatable bonds is 5. The van der Waals surface area contributed by atoms with Crippen LogP contribution < -0.4 is 0 Å². The van der Waals surface area contributed by atoms with Crippen molar-refractivity contribution in [1.29, 1.82) is 0 Å². The van der Waals surface area contributed by atoms with E-state index in [4.69, 9.17) is 9.47 Å².